The number of hydrogen-bond acceptors (Lipinski definition) is 3. The molecule has 28 heavy (non-hydrogen) atoms. The van der Waals surface area contributed by atoms with Crippen molar-refractivity contribution in [1.82, 2.24) is 10.3 Å². The van der Waals surface area contributed by atoms with Crippen LogP contribution in [0.5, 0.6) is 0 Å². The minimum Gasteiger partial charge on any atom is -0.346 e. The lowest BCUT2D eigenvalue weighted by molar-refractivity contribution is -0.116. The molecule has 0 aliphatic carbocycles. The number of benzene rings is 2. The van der Waals surface area contributed by atoms with Crippen LogP contribution in [0.2, 0.25) is 5.02 Å². The maximum atomic E-state index is 12.3. The average molecular weight is 394 g/mol. The summed E-state index contributed by atoms with van der Waals surface area (Å²) in [7, 11) is 0. The number of rotatable bonds is 7. The fourth-order valence-electron chi connectivity index (χ4n) is 2.67. The molecule has 0 unspecified atom stereocenters. The van der Waals surface area contributed by atoms with Crippen LogP contribution < -0.4 is 10.6 Å². The minimum absolute atomic E-state index is 0.104. The van der Waals surface area contributed by atoms with E-state index in [2.05, 4.69) is 15.6 Å². The molecule has 0 bridgehead atoms. The van der Waals surface area contributed by atoms with Crippen molar-refractivity contribution in [3.63, 3.8) is 0 Å². The first-order valence-corrected chi connectivity index (χ1v) is 9.31. The van der Waals surface area contributed by atoms with Gasteiger partial charge in [-0.05, 0) is 42.3 Å². The Kier molecular flexibility index (Phi) is 6.76. The number of anilines is 1. The zero-order valence-corrected chi connectivity index (χ0v) is 15.9. The van der Waals surface area contributed by atoms with Crippen LogP contribution in [0.15, 0.2) is 72.9 Å². The van der Waals surface area contributed by atoms with Gasteiger partial charge in [-0.25, -0.2) is 0 Å². The lowest BCUT2D eigenvalue weighted by Gasteiger charge is -2.09. The van der Waals surface area contributed by atoms with Crippen molar-refractivity contribution >= 4 is 29.1 Å². The number of aromatic nitrogens is 1. The molecule has 0 saturated carbocycles. The standard InChI is InChI=1S/C22H20ClN3O2/c23-20-14-17(26-21(27)12-9-16-6-2-1-3-7-16)10-11-19(20)22(28)25-15-18-8-4-5-13-24-18/h1-8,10-11,13-14H,9,12,15H2,(H,25,28)(H,26,27). The Labute approximate surface area is 168 Å². The third-order valence-corrected chi connectivity index (χ3v) is 4.45. The van der Waals surface area contributed by atoms with Gasteiger partial charge in [0.2, 0.25) is 5.91 Å². The van der Waals surface area contributed by atoms with E-state index >= 15 is 0 Å². The Morgan fingerprint density at radius 1 is 0.964 bits per heavy atom. The van der Waals surface area contributed by atoms with E-state index in [1.807, 2.05) is 48.5 Å². The number of amides is 2. The third-order valence-electron chi connectivity index (χ3n) is 4.14. The predicted octanol–water partition coefficient (Wildman–Crippen LogP) is 4.24. The summed E-state index contributed by atoms with van der Waals surface area (Å²) in [5, 5.41) is 5.87. The summed E-state index contributed by atoms with van der Waals surface area (Å²) in [5.41, 5.74) is 2.77. The summed E-state index contributed by atoms with van der Waals surface area (Å²) in [4.78, 5) is 28.6. The molecule has 0 atom stereocenters. The van der Waals surface area contributed by atoms with Gasteiger partial charge in [-0.3, -0.25) is 14.6 Å². The zero-order chi connectivity index (χ0) is 19.8. The summed E-state index contributed by atoms with van der Waals surface area (Å²) in [6.07, 6.45) is 2.70. The second-order valence-corrected chi connectivity index (χ2v) is 6.64. The third kappa shape index (κ3) is 5.66. The van der Waals surface area contributed by atoms with Crippen molar-refractivity contribution in [3.8, 4) is 0 Å². The Balaban J connectivity index is 1.54. The molecule has 1 heterocycles. The number of nitrogens with zero attached hydrogens (tertiary/aromatic N) is 1. The van der Waals surface area contributed by atoms with E-state index in [0.717, 1.165) is 11.3 Å². The van der Waals surface area contributed by atoms with Gasteiger partial charge in [0.1, 0.15) is 0 Å². The molecular formula is C22H20ClN3O2. The molecule has 3 rings (SSSR count). The summed E-state index contributed by atoms with van der Waals surface area (Å²) < 4.78 is 0. The van der Waals surface area contributed by atoms with Gasteiger partial charge in [-0.2, -0.15) is 0 Å². The fraction of sp³-hybridized carbons (Fsp3) is 0.136. The van der Waals surface area contributed by atoms with Crippen molar-refractivity contribution in [1.29, 1.82) is 0 Å². The average Bonchev–Trinajstić information content (AvgIpc) is 2.72. The number of nitrogens with one attached hydrogen (secondary N) is 2. The molecule has 142 valence electrons. The molecule has 5 nitrogen and oxygen atoms in total. The van der Waals surface area contributed by atoms with Gasteiger partial charge in [0.05, 0.1) is 22.8 Å². The highest BCUT2D eigenvalue weighted by Crippen LogP contribution is 2.21. The molecule has 0 saturated heterocycles. The van der Waals surface area contributed by atoms with Crippen LogP contribution >= 0.6 is 11.6 Å². The minimum atomic E-state index is -0.294. The molecule has 2 N–H and O–H groups in total. The number of hydrogen-bond donors (Lipinski definition) is 2. The first-order valence-electron chi connectivity index (χ1n) is 8.93. The number of carbonyl (C=O) groups is 2. The van der Waals surface area contributed by atoms with Crippen molar-refractivity contribution in [2.24, 2.45) is 0 Å². The Morgan fingerprint density at radius 3 is 2.46 bits per heavy atom. The SMILES string of the molecule is O=C(CCc1ccccc1)Nc1ccc(C(=O)NCc2ccccn2)c(Cl)c1. The van der Waals surface area contributed by atoms with Gasteiger partial charge < -0.3 is 10.6 Å². The van der Waals surface area contributed by atoms with Crippen molar-refractivity contribution in [3.05, 3.63) is 94.8 Å². The maximum Gasteiger partial charge on any atom is 0.253 e. The van der Waals surface area contributed by atoms with Crippen LogP contribution in [-0.4, -0.2) is 16.8 Å². The molecule has 1 aromatic heterocycles. The number of aryl methyl sites for hydroxylation is 1. The van der Waals surface area contributed by atoms with Gasteiger partial charge in [0, 0.05) is 18.3 Å². The predicted molar refractivity (Wildman–Crippen MR) is 110 cm³/mol. The van der Waals surface area contributed by atoms with E-state index in [9.17, 15) is 9.59 Å². The van der Waals surface area contributed by atoms with Gasteiger partial charge in [0.25, 0.3) is 5.91 Å². The van der Waals surface area contributed by atoms with E-state index in [-0.39, 0.29) is 16.8 Å². The smallest absolute Gasteiger partial charge is 0.253 e. The molecule has 0 aliphatic rings. The fourth-order valence-corrected chi connectivity index (χ4v) is 2.94. The summed E-state index contributed by atoms with van der Waals surface area (Å²) in [6.45, 7) is 0.313. The topological polar surface area (TPSA) is 71.1 Å². The largest absolute Gasteiger partial charge is 0.346 e. The monoisotopic (exact) mass is 393 g/mol. The molecule has 0 radical (unpaired) electrons. The van der Waals surface area contributed by atoms with Crippen LogP contribution in [-0.2, 0) is 17.8 Å². The van der Waals surface area contributed by atoms with E-state index in [0.29, 0.717) is 30.6 Å². The molecule has 2 aromatic carbocycles. The first-order chi connectivity index (χ1) is 13.6. The van der Waals surface area contributed by atoms with Gasteiger partial charge in [0.15, 0.2) is 0 Å². The van der Waals surface area contributed by atoms with Crippen LogP contribution in [0.1, 0.15) is 28.0 Å². The second kappa shape index (κ2) is 9.67. The van der Waals surface area contributed by atoms with Crippen molar-refractivity contribution in [2.45, 2.75) is 19.4 Å². The van der Waals surface area contributed by atoms with Crippen molar-refractivity contribution in [2.75, 3.05) is 5.32 Å². The molecule has 6 heteroatoms. The lowest BCUT2D eigenvalue weighted by atomic mass is 10.1. The first kappa shape index (κ1) is 19.6. The summed E-state index contributed by atoms with van der Waals surface area (Å²) >= 11 is 6.23. The molecule has 3 aromatic rings. The van der Waals surface area contributed by atoms with Crippen molar-refractivity contribution < 1.29 is 9.59 Å². The Morgan fingerprint density at radius 2 is 1.75 bits per heavy atom. The summed E-state index contributed by atoms with van der Waals surface area (Å²) in [6, 6.07) is 20.2. The quantitative estimate of drug-likeness (QED) is 0.630. The molecule has 2 amide bonds. The second-order valence-electron chi connectivity index (χ2n) is 6.23. The number of carbonyl (C=O) groups excluding carboxylic acids is 2. The Bertz CT molecular complexity index is 947. The summed E-state index contributed by atoms with van der Waals surface area (Å²) in [5.74, 6) is -0.398. The van der Waals surface area contributed by atoms with Gasteiger partial charge in [-0.1, -0.05) is 48.0 Å². The van der Waals surface area contributed by atoms with E-state index < -0.39 is 0 Å². The normalized spacial score (nSPS) is 10.3. The van der Waals surface area contributed by atoms with Crippen LogP contribution in [0.25, 0.3) is 0 Å². The molecule has 0 aliphatic heterocycles. The Hall–Kier alpha value is -3.18. The highest BCUT2D eigenvalue weighted by Gasteiger charge is 2.12. The zero-order valence-electron chi connectivity index (χ0n) is 15.2. The molecule has 0 spiro atoms. The van der Waals surface area contributed by atoms with E-state index in [4.69, 9.17) is 11.6 Å². The number of halogens is 1. The number of pyridine rings is 1. The van der Waals surface area contributed by atoms with Crippen LogP contribution in [0, 0.1) is 0 Å². The van der Waals surface area contributed by atoms with Gasteiger partial charge in [-0.15, -0.1) is 0 Å². The van der Waals surface area contributed by atoms with Crippen LogP contribution in [0.3, 0.4) is 0 Å². The lowest BCUT2D eigenvalue weighted by Crippen LogP contribution is -2.23. The molecular weight excluding hydrogens is 374 g/mol. The highest BCUT2D eigenvalue weighted by molar-refractivity contribution is 6.34. The van der Waals surface area contributed by atoms with E-state index in [1.54, 1.807) is 24.4 Å². The highest BCUT2D eigenvalue weighted by atomic mass is 35.5. The van der Waals surface area contributed by atoms with E-state index in [1.165, 1.54) is 0 Å². The van der Waals surface area contributed by atoms with Gasteiger partial charge >= 0.3 is 0 Å². The molecule has 0 fully saturated rings. The maximum absolute atomic E-state index is 12.3. The van der Waals surface area contributed by atoms with Crippen LogP contribution in [0.4, 0.5) is 5.69 Å².